The molecule has 1 heterocycles. The third kappa shape index (κ3) is 4.05. The average Bonchev–Trinajstić information content (AvgIpc) is 2.66. The van der Waals surface area contributed by atoms with E-state index < -0.39 is 9.84 Å². The van der Waals surface area contributed by atoms with Gasteiger partial charge in [-0.15, -0.1) is 0 Å². The maximum Gasteiger partial charge on any atom is 0.251 e. The summed E-state index contributed by atoms with van der Waals surface area (Å²) in [4.78, 5) is 12.3. The van der Waals surface area contributed by atoms with Gasteiger partial charge in [0.2, 0.25) is 0 Å². The maximum absolute atomic E-state index is 12.1. The standard InChI is InChI=1S/C14H20N2O3S/c1-20(18,19)13-7-5-11(6-8-13)14(17)16-12-4-2-3-9-15-10-12/h5-8,12,15H,2-4,9-10H2,1H3,(H,16,17). The number of benzene rings is 1. The summed E-state index contributed by atoms with van der Waals surface area (Å²) in [5, 5.41) is 6.27. The first kappa shape index (κ1) is 15.0. The molecular formula is C14H20N2O3S. The quantitative estimate of drug-likeness (QED) is 0.871. The third-order valence-electron chi connectivity index (χ3n) is 3.43. The molecule has 0 aliphatic carbocycles. The van der Waals surface area contributed by atoms with E-state index in [2.05, 4.69) is 10.6 Å². The minimum atomic E-state index is -3.22. The van der Waals surface area contributed by atoms with E-state index in [0.717, 1.165) is 38.6 Å². The molecule has 1 aliphatic heterocycles. The van der Waals surface area contributed by atoms with Crippen LogP contribution in [0.3, 0.4) is 0 Å². The van der Waals surface area contributed by atoms with Crippen molar-refractivity contribution in [3.63, 3.8) is 0 Å². The van der Waals surface area contributed by atoms with E-state index in [1.165, 1.54) is 12.1 Å². The monoisotopic (exact) mass is 296 g/mol. The maximum atomic E-state index is 12.1. The molecule has 1 fully saturated rings. The van der Waals surface area contributed by atoms with Crippen molar-refractivity contribution in [1.29, 1.82) is 0 Å². The van der Waals surface area contributed by atoms with Crippen LogP contribution in [0.2, 0.25) is 0 Å². The van der Waals surface area contributed by atoms with E-state index in [-0.39, 0.29) is 16.8 Å². The van der Waals surface area contributed by atoms with Crippen molar-refractivity contribution in [1.82, 2.24) is 10.6 Å². The van der Waals surface area contributed by atoms with Crippen molar-refractivity contribution in [3.05, 3.63) is 29.8 Å². The molecule has 0 saturated carbocycles. The molecule has 1 aromatic carbocycles. The topological polar surface area (TPSA) is 75.3 Å². The highest BCUT2D eigenvalue weighted by atomic mass is 32.2. The van der Waals surface area contributed by atoms with Gasteiger partial charge in [-0.3, -0.25) is 4.79 Å². The molecule has 0 spiro atoms. The zero-order chi connectivity index (χ0) is 14.6. The van der Waals surface area contributed by atoms with Crippen molar-refractivity contribution in [2.45, 2.75) is 30.2 Å². The molecule has 1 aromatic rings. The number of carbonyl (C=O) groups is 1. The second-order valence-electron chi connectivity index (χ2n) is 5.17. The number of nitrogens with one attached hydrogen (secondary N) is 2. The Morgan fingerprint density at radius 1 is 1.25 bits per heavy atom. The first-order valence-corrected chi connectivity index (χ1v) is 8.67. The summed E-state index contributed by atoms with van der Waals surface area (Å²) < 4.78 is 22.7. The fraction of sp³-hybridized carbons (Fsp3) is 0.500. The zero-order valence-electron chi connectivity index (χ0n) is 11.6. The van der Waals surface area contributed by atoms with Crippen LogP contribution in [0.15, 0.2) is 29.2 Å². The normalized spacial score (nSPS) is 20.1. The predicted molar refractivity (Wildman–Crippen MR) is 77.5 cm³/mol. The Balaban J connectivity index is 2.02. The summed E-state index contributed by atoms with van der Waals surface area (Å²) in [6.07, 6.45) is 4.36. The Kier molecular flexibility index (Phi) is 4.77. The molecule has 1 aliphatic rings. The molecule has 0 aromatic heterocycles. The number of hydrogen-bond donors (Lipinski definition) is 2. The molecule has 1 unspecified atom stereocenters. The van der Waals surface area contributed by atoms with Gasteiger partial charge in [-0.25, -0.2) is 8.42 Å². The second-order valence-corrected chi connectivity index (χ2v) is 7.18. The van der Waals surface area contributed by atoms with Crippen LogP contribution in [0, 0.1) is 0 Å². The molecule has 110 valence electrons. The second kappa shape index (κ2) is 6.37. The van der Waals surface area contributed by atoms with Gasteiger partial charge in [-0.05, 0) is 43.7 Å². The summed E-state index contributed by atoms with van der Waals surface area (Å²) in [7, 11) is -3.22. The molecular weight excluding hydrogens is 276 g/mol. The SMILES string of the molecule is CS(=O)(=O)c1ccc(C(=O)NC2CCCCNC2)cc1. The first-order valence-electron chi connectivity index (χ1n) is 6.78. The van der Waals surface area contributed by atoms with Crippen molar-refractivity contribution in [3.8, 4) is 0 Å². The summed E-state index contributed by atoms with van der Waals surface area (Å²) in [5.74, 6) is -0.154. The lowest BCUT2D eigenvalue weighted by molar-refractivity contribution is 0.0935. The molecule has 2 N–H and O–H groups in total. The van der Waals surface area contributed by atoms with Gasteiger partial charge in [0.15, 0.2) is 9.84 Å². The average molecular weight is 296 g/mol. The minimum absolute atomic E-state index is 0.139. The van der Waals surface area contributed by atoms with E-state index in [0.29, 0.717) is 5.56 Å². The fourth-order valence-electron chi connectivity index (χ4n) is 2.26. The largest absolute Gasteiger partial charge is 0.348 e. The van der Waals surface area contributed by atoms with E-state index in [4.69, 9.17) is 0 Å². The van der Waals surface area contributed by atoms with Crippen molar-refractivity contribution in [2.75, 3.05) is 19.3 Å². The van der Waals surface area contributed by atoms with Crippen LogP contribution >= 0.6 is 0 Å². The van der Waals surface area contributed by atoms with Crippen LogP contribution < -0.4 is 10.6 Å². The number of rotatable bonds is 3. The zero-order valence-corrected chi connectivity index (χ0v) is 12.4. The predicted octanol–water partition coefficient (Wildman–Crippen LogP) is 0.962. The van der Waals surface area contributed by atoms with Crippen molar-refractivity contribution < 1.29 is 13.2 Å². The number of sulfone groups is 1. The van der Waals surface area contributed by atoms with Crippen LogP contribution in [0.5, 0.6) is 0 Å². The first-order chi connectivity index (χ1) is 9.47. The number of hydrogen-bond acceptors (Lipinski definition) is 4. The van der Waals surface area contributed by atoms with Gasteiger partial charge in [-0.1, -0.05) is 6.42 Å². The Morgan fingerprint density at radius 3 is 2.60 bits per heavy atom. The van der Waals surface area contributed by atoms with Crippen molar-refractivity contribution >= 4 is 15.7 Å². The summed E-state index contributed by atoms with van der Waals surface area (Å²) in [6.45, 7) is 1.78. The molecule has 5 nitrogen and oxygen atoms in total. The van der Waals surface area contributed by atoms with Crippen LogP contribution in [-0.4, -0.2) is 39.7 Å². The molecule has 0 bridgehead atoms. The lowest BCUT2D eigenvalue weighted by Crippen LogP contribution is -2.40. The Morgan fingerprint density at radius 2 is 1.95 bits per heavy atom. The molecule has 20 heavy (non-hydrogen) atoms. The summed E-state index contributed by atoms with van der Waals surface area (Å²) >= 11 is 0. The fourth-order valence-corrected chi connectivity index (χ4v) is 2.89. The summed E-state index contributed by atoms with van der Waals surface area (Å²) in [5.41, 5.74) is 0.488. The Bertz CT molecular complexity index is 559. The molecule has 1 amide bonds. The van der Waals surface area contributed by atoms with Crippen LogP contribution in [0.25, 0.3) is 0 Å². The number of amides is 1. The lowest BCUT2D eigenvalue weighted by atomic mass is 10.1. The van der Waals surface area contributed by atoms with Gasteiger partial charge in [-0.2, -0.15) is 0 Å². The molecule has 1 atom stereocenters. The van der Waals surface area contributed by atoms with Gasteiger partial charge in [0.05, 0.1) is 4.90 Å². The minimum Gasteiger partial charge on any atom is -0.348 e. The third-order valence-corrected chi connectivity index (χ3v) is 4.56. The lowest BCUT2D eigenvalue weighted by Gasteiger charge is -2.16. The van der Waals surface area contributed by atoms with E-state index in [1.807, 2.05) is 0 Å². The highest BCUT2D eigenvalue weighted by Gasteiger charge is 2.16. The number of carbonyl (C=O) groups excluding carboxylic acids is 1. The highest BCUT2D eigenvalue weighted by molar-refractivity contribution is 7.90. The Labute approximate surface area is 119 Å². The molecule has 2 rings (SSSR count). The molecule has 0 radical (unpaired) electrons. The van der Waals surface area contributed by atoms with Gasteiger partial charge in [0.25, 0.3) is 5.91 Å². The van der Waals surface area contributed by atoms with Crippen molar-refractivity contribution in [2.24, 2.45) is 0 Å². The van der Waals surface area contributed by atoms with Crippen LogP contribution in [-0.2, 0) is 9.84 Å². The summed E-state index contributed by atoms with van der Waals surface area (Å²) in [6, 6.07) is 6.18. The smallest absolute Gasteiger partial charge is 0.251 e. The highest BCUT2D eigenvalue weighted by Crippen LogP contribution is 2.11. The van der Waals surface area contributed by atoms with E-state index >= 15 is 0 Å². The van der Waals surface area contributed by atoms with E-state index in [9.17, 15) is 13.2 Å². The van der Waals surface area contributed by atoms with Gasteiger partial charge in [0.1, 0.15) is 0 Å². The van der Waals surface area contributed by atoms with Gasteiger partial charge in [0, 0.05) is 24.4 Å². The Hall–Kier alpha value is -1.40. The molecule has 1 saturated heterocycles. The van der Waals surface area contributed by atoms with E-state index in [1.54, 1.807) is 12.1 Å². The van der Waals surface area contributed by atoms with Gasteiger partial charge >= 0.3 is 0 Å². The van der Waals surface area contributed by atoms with Crippen LogP contribution in [0.1, 0.15) is 29.6 Å². The molecule has 6 heteroatoms. The van der Waals surface area contributed by atoms with Crippen LogP contribution in [0.4, 0.5) is 0 Å². The van der Waals surface area contributed by atoms with Gasteiger partial charge < -0.3 is 10.6 Å².